The van der Waals surface area contributed by atoms with Crippen LogP contribution in [0.4, 0.5) is 0 Å². The van der Waals surface area contributed by atoms with Gasteiger partial charge in [-0.3, -0.25) is 9.98 Å². The Balaban J connectivity index is 0.00000288. The minimum Gasteiger partial charge on any atom is -0.497 e. The van der Waals surface area contributed by atoms with Gasteiger partial charge in [-0.05, 0) is 36.8 Å². The van der Waals surface area contributed by atoms with Gasteiger partial charge < -0.3 is 15.0 Å². The summed E-state index contributed by atoms with van der Waals surface area (Å²) in [7, 11) is 5.48. The van der Waals surface area contributed by atoms with Gasteiger partial charge in [0.05, 0.1) is 19.3 Å². The van der Waals surface area contributed by atoms with Crippen molar-refractivity contribution in [3.8, 4) is 5.75 Å². The van der Waals surface area contributed by atoms with Gasteiger partial charge in [-0.1, -0.05) is 18.2 Å². The normalized spacial score (nSPS) is 10.8. The second kappa shape index (κ2) is 10.1. The van der Waals surface area contributed by atoms with Gasteiger partial charge in [-0.25, -0.2) is 0 Å². The van der Waals surface area contributed by atoms with Crippen LogP contribution >= 0.6 is 24.0 Å². The molecule has 0 atom stereocenters. The van der Waals surface area contributed by atoms with Crippen molar-refractivity contribution >= 4 is 29.9 Å². The number of aryl methyl sites for hydroxylation is 1. The van der Waals surface area contributed by atoms with E-state index in [0.717, 1.165) is 29.6 Å². The van der Waals surface area contributed by atoms with Crippen LogP contribution in [0.25, 0.3) is 0 Å². The Kier molecular flexibility index (Phi) is 8.53. The average Bonchev–Trinajstić information content (AvgIpc) is 2.56. The fourth-order valence-electron chi connectivity index (χ4n) is 2.33. The van der Waals surface area contributed by atoms with E-state index in [9.17, 15) is 0 Å². The first kappa shape index (κ1) is 20.2. The number of hydrogen-bond acceptors (Lipinski definition) is 3. The maximum Gasteiger partial charge on any atom is 0.194 e. The first-order valence-electron chi connectivity index (χ1n) is 7.59. The van der Waals surface area contributed by atoms with Gasteiger partial charge in [0.1, 0.15) is 5.75 Å². The lowest BCUT2D eigenvalue weighted by atomic mass is 10.2. The maximum atomic E-state index is 5.18. The molecule has 0 aliphatic rings. The lowest BCUT2D eigenvalue weighted by Gasteiger charge is -2.22. The molecule has 1 aromatic carbocycles. The Morgan fingerprint density at radius 2 is 1.92 bits per heavy atom. The van der Waals surface area contributed by atoms with E-state index in [-0.39, 0.29) is 24.0 Å². The van der Waals surface area contributed by atoms with E-state index in [2.05, 4.69) is 32.3 Å². The van der Waals surface area contributed by atoms with E-state index >= 15 is 0 Å². The average molecular weight is 440 g/mol. The topological polar surface area (TPSA) is 49.8 Å². The molecule has 0 aliphatic heterocycles. The third-order valence-corrected chi connectivity index (χ3v) is 3.53. The van der Waals surface area contributed by atoms with Crippen molar-refractivity contribution in [2.75, 3.05) is 21.2 Å². The van der Waals surface area contributed by atoms with Crippen molar-refractivity contribution in [1.29, 1.82) is 0 Å². The second-order valence-corrected chi connectivity index (χ2v) is 5.38. The Morgan fingerprint density at radius 1 is 1.21 bits per heavy atom. The third kappa shape index (κ3) is 5.99. The quantitative estimate of drug-likeness (QED) is 0.441. The lowest BCUT2D eigenvalue weighted by Crippen LogP contribution is -2.38. The zero-order chi connectivity index (χ0) is 16.7. The van der Waals surface area contributed by atoms with Crippen molar-refractivity contribution in [3.05, 3.63) is 59.4 Å². The zero-order valence-corrected chi connectivity index (χ0v) is 16.9. The summed E-state index contributed by atoms with van der Waals surface area (Å²) in [4.78, 5) is 10.9. The van der Waals surface area contributed by atoms with Crippen LogP contribution in [0.5, 0.6) is 5.75 Å². The van der Waals surface area contributed by atoms with Gasteiger partial charge in [-0.15, -0.1) is 24.0 Å². The third-order valence-electron chi connectivity index (χ3n) is 3.53. The molecule has 5 nitrogen and oxygen atoms in total. The number of nitrogens with zero attached hydrogens (tertiary/aromatic N) is 3. The number of hydrogen-bond donors (Lipinski definition) is 1. The highest BCUT2D eigenvalue weighted by Gasteiger charge is 2.07. The summed E-state index contributed by atoms with van der Waals surface area (Å²) in [6.07, 6.45) is 0. The monoisotopic (exact) mass is 440 g/mol. The number of nitrogens with one attached hydrogen (secondary N) is 1. The lowest BCUT2D eigenvalue weighted by molar-refractivity contribution is 0.414. The molecule has 0 saturated carbocycles. The van der Waals surface area contributed by atoms with Crippen LogP contribution in [0, 0.1) is 6.92 Å². The molecule has 130 valence electrons. The Hall–Kier alpha value is -1.83. The van der Waals surface area contributed by atoms with Gasteiger partial charge in [-0.2, -0.15) is 0 Å². The summed E-state index contributed by atoms with van der Waals surface area (Å²) < 4.78 is 5.18. The Bertz CT molecular complexity index is 658. The molecule has 24 heavy (non-hydrogen) atoms. The van der Waals surface area contributed by atoms with E-state index < -0.39 is 0 Å². The highest BCUT2D eigenvalue weighted by atomic mass is 127. The summed E-state index contributed by atoms with van der Waals surface area (Å²) in [5.41, 5.74) is 3.22. The number of pyridine rings is 1. The summed E-state index contributed by atoms with van der Waals surface area (Å²) >= 11 is 0. The van der Waals surface area contributed by atoms with Gasteiger partial charge >= 0.3 is 0 Å². The number of ether oxygens (including phenoxy) is 1. The minimum atomic E-state index is 0. The molecular formula is C18H25IN4O. The molecule has 0 unspecified atom stereocenters. The molecule has 2 rings (SSSR count). The molecule has 0 radical (unpaired) electrons. The Morgan fingerprint density at radius 3 is 2.50 bits per heavy atom. The van der Waals surface area contributed by atoms with Crippen LogP contribution in [0.3, 0.4) is 0 Å². The summed E-state index contributed by atoms with van der Waals surface area (Å²) in [5, 5.41) is 3.34. The van der Waals surface area contributed by atoms with Crippen molar-refractivity contribution in [1.82, 2.24) is 15.2 Å². The zero-order valence-electron chi connectivity index (χ0n) is 14.6. The summed E-state index contributed by atoms with van der Waals surface area (Å²) in [6, 6.07) is 14.1. The molecule has 1 heterocycles. The van der Waals surface area contributed by atoms with Crippen molar-refractivity contribution < 1.29 is 4.74 Å². The fourth-order valence-corrected chi connectivity index (χ4v) is 2.33. The van der Waals surface area contributed by atoms with Crippen LogP contribution in [-0.2, 0) is 13.1 Å². The first-order chi connectivity index (χ1) is 11.1. The highest BCUT2D eigenvalue weighted by molar-refractivity contribution is 14.0. The number of guanidine groups is 1. The minimum absolute atomic E-state index is 0. The van der Waals surface area contributed by atoms with E-state index in [0.29, 0.717) is 6.54 Å². The molecule has 0 saturated heterocycles. The highest BCUT2D eigenvalue weighted by Crippen LogP contribution is 2.12. The molecule has 0 spiro atoms. The van der Waals surface area contributed by atoms with Crippen molar-refractivity contribution in [2.45, 2.75) is 20.0 Å². The summed E-state index contributed by atoms with van der Waals surface area (Å²) in [6.45, 7) is 3.42. The van der Waals surface area contributed by atoms with Crippen LogP contribution in [0.1, 0.15) is 17.0 Å². The second-order valence-electron chi connectivity index (χ2n) is 5.38. The molecule has 2 aromatic rings. The smallest absolute Gasteiger partial charge is 0.194 e. The standard InChI is InChI=1S/C18H24N4O.HI/c1-14-6-5-7-16(21-14)12-20-18(19-2)22(3)13-15-8-10-17(23-4)11-9-15;/h5-11H,12-13H2,1-4H3,(H,19,20);1H. The van der Waals surface area contributed by atoms with E-state index in [1.165, 1.54) is 5.56 Å². The largest absolute Gasteiger partial charge is 0.497 e. The molecule has 0 amide bonds. The Labute approximate surface area is 161 Å². The SMILES string of the molecule is CN=C(NCc1cccc(C)n1)N(C)Cc1ccc(OC)cc1.I. The number of aromatic nitrogens is 1. The molecular weight excluding hydrogens is 415 g/mol. The molecule has 0 fully saturated rings. The predicted octanol–water partition coefficient (Wildman–Crippen LogP) is 3.22. The van der Waals surface area contributed by atoms with Gasteiger partial charge in [0.2, 0.25) is 0 Å². The number of aliphatic imine (C=N–C) groups is 1. The van der Waals surface area contributed by atoms with Gasteiger partial charge in [0.25, 0.3) is 0 Å². The molecule has 6 heteroatoms. The van der Waals surface area contributed by atoms with Crippen molar-refractivity contribution in [2.24, 2.45) is 4.99 Å². The van der Waals surface area contributed by atoms with E-state index in [1.807, 2.05) is 44.3 Å². The van der Waals surface area contributed by atoms with Gasteiger partial charge in [0.15, 0.2) is 5.96 Å². The van der Waals surface area contributed by atoms with Crippen LogP contribution in [-0.4, -0.2) is 37.0 Å². The molecule has 0 bridgehead atoms. The fraction of sp³-hybridized carbons (Fsp3) is 0.333. The van der Waals surface area contributed by atoms with Crippen LogP contribution in [0.15, 0.2) is 47.5 Å². The van der Waals surface area contributed by atoms with Gasteiger partial charge in [0, 0.05) is 26.3 Å². The van der Waals surface area contributed by atoms with Crippen LogP contribution in [0.2, 0.25) is 0 Å². The molecule has 0 aliphatic carbocycles. The predicted molar refractivity (Wildman–Crippen MR) is 109 cm³/mol. The number of rotatable bonds is 5. The number of benzene rings is 1. The number of halogens is 1. The summed E-state index contributed by atoms with van der Waals surface area (Å²) in [5.74, 6) is 1.70. The van der Waals surface area contributed by atoms with Crippen LogP contribution < -0.4 is 10.1 Å². The molecule has 1 aromatic heterocycles. The van der Waals surface area contributed by atoms with E-state index in [4.69, 9.17) is 4.74 Å². The maximum absolute atomic E-state index is 5.18. The van der Waals surface area contributed by atoms with E-state index in [1.54, 1.807) is 14.2 Å². The molecule has 1 N–H and O–H groups in total. The number of methoxy groups -OCH3 is 1. The first-order valence-corrected chi connectivity index (χ1v) is 7.59. The van der Waals surface area contributed by atoms with Crippen molar-refractivity contribution in [3.63, 3.8) is 0 Å².